The number of aliphatic hydroxyl groups is 3. The van der Waals surface area contributed by atoms with Crippen molar-refractivity contribution < 1.29 is 44.2 Å². The Morgan fingerprint density at radius 1 is 1.14 bits per heavy atom. The van der Waals surface area contributed by atoms with E-state index in [1.807, 2.05) is 13.8 Å². The molecule has 4 saturated carbocycles. The van der Waals surface area contributed by atoms with Gasteiger partial charge in [-0.25, -0.2) is 0 Å². The zero-order chi connectivity index (χ0) is 26.4. The molecule has 9 nitrogen and oxygen atoms in total. The van der Waals surface area contributed by atoms with Crippen molar-refractivity contribution in [2.75, 3.05) is 13.7 Å². The topological polar surface area (TPSA) is 143 Å². The third kappa shape index (κ3) is 2.99. The molecule has 4 N–H and O–H groups in total. The summed E-state index contributed by atoms with van der Waals surface area (Å²) in [5, 5.41) is 43.5. The molecule has 0 aromatic heterocycles. The lowest BCUT2D eigenvalue weighted by molar-refractivity contribution is -0.308. The first-order valence-electron chi connectivity index (χ1n) is 13.5. The standard InChI is InChI=1S/C27H42O9/c1-12(2)17-7-15-8-25(10-28)19-16(13(3)6-18(19)29)9-26(15,27(17,25)24(32)33)11-35-23-21(31)20(30)22(34-5)14(4)36-23/h10,12-23,29-31H,6-9,11H2,1-5H3,(H,32,33)/t13-,14-,15+,16-,17+,18+,19+,20+,21+,22-,23-,25+,26+,27+/m1/s1. The number of fused-ring (bicyclic) bond motifs is 2. The summed E-state index contributed by atoms with van der Waals surface area (Å²) in [6, 6.07) is 0. The van der Waals surface area contributed by atoms with Crippen LogP contribution in [0.3, 0.4) is 0 Å². The fourth-order valence-corrected chi connectivity index (χ4v) is 10.2. The largest absolute Gasteiger partial charge is 0.481 e. The lowest BCUT2D eigenvalue weighted by atomic mass is 9.41. The highest BCUT2D eigenvalue weighted by Crippen LogP contribution is 2.84. The van der Waals surface area contributed by atoms with Crippen molar-refractivity contribution in [1.29, 1.82) is 0 Å². The smallest absolute Gasteiger partial charge is 0.311 e. The summed E-state index contributed by atoms with van der Waals surface area (Å²) >= 11 is 0. The van der Waals surface area contributed by atoms with Crippen LogP contribution in [0, 0.1) is 51.8 Å². The molecule has 1 saturated heterocycles. The average Bonchev–Trinajstić information content (AvgIpc) is 3.33. The molecule has 0 unspecified atom stereocenters. The molecule has 36 heavy (non-hydrogen) atoms. The Morgan fingerprint density at radius 2 is 1.83 bits per heavy atom. The minimum atomic E-state index is -1.38. The van der Waals surface area contributed by atoms with Crippen molar-refractivity contribution in [3.8, 4) is 0 Å². The number of carbonyl (C=O) groups is 2. The van der Waals surface area contributed by atoms with E-state index in [0.717, 1.165) is 6.29 Å². The Morgan fingerprint density at radius 3 is 2.42 bits per heavy atom. The van der Waals surface area contributed by atoms with Crippen LogP contribution in [0.25, 0.3) is 0 Å². The van der Waals surface area contributed by atoms with Gasteiger partial charge in [-0.3, -0.25) is 4.79 Å². The molecule has 1 heterocycles. The third-order valence-corrected chi connectivity index (χ3v) is 11.3. The van der Waals surface area contributed by atoms with Gasteiger partial charge in [0.2, 0.25) is 0 Å². The normalized spacial score (nSPS) is 55.6. The quantitative estimate of drug-likeness (QED) is 0.374. The van der Waals surface area contributed by atoms with Crippen LogP contribution in [0.5, 0.6) is 0 Å². The second-order valence-corrected chi connectivity index (χ2v) is 12.8. The predicted molar refractivity (Wildman–Crippen MR) is 127 cm³/mol. The molecule has 0 aromatic carbocycles. The van der Waals surface area contributed by atoms with Crippen molar-refractivity contribution in [3.05, 3.63) is 0 Å². The number of hydrogen-bond donors (Lipinski definition) is 4. The van der Waals surface area contributed by atoms with Gasteiger partial charge >= 0.3 is 5.97 Å². The molecule has 4 bridgehead atoms. The van der Waals surface area contributed by atoms with Crippen LogP contribution in [0.1, 0.15) is 53.4 Å². The lowest BCUT2D eigenvalue weighted by Gasteiger charge is -2.60. The number of ether oxygens (including phenoxy) is 3. The Bertz CT molecular complexity index is 894. The number of carboxylic acids is 1. The summed E-state index contributed by atoms with van der Waals surface area (Å²) in [7, 11) is 1.44. The average molecular weight is 511 g/mol. The van der Waals surface area contributed by atoms with Gasteiger partial charge in [0.05, 0.1) is 24.2 Å². The highest BCUT2D eigenvalue weighted by atomic mass is 16.7. The Labute approximate surface area is 212 Å². The molecule has 5 aliphatic rings. The number of carboxylic acid groups (broad SMARTS) is 1. The van der Waals surface area contributed by atoms with Crippen molar-refractivity contribution in [2.45, 2.75) is 90.2 Å². The fraction of sp³-hybridized carbons (Fsp3) is 0.926. The number of aldehydes is 1. The Hall–Kier alpha value is -1.10. The van der Waals surface area contributed by atoms with E-state index in [-0.39, 0.29) is 42.1 Å². The maximum Gasteiger partial charge on any atom is 0.311 e. The van der Waals surface area contributed by atoms with Crippen LogP contribution < -0.4 is 0 Å². The van der Waals surface area contributed by atoms with E-state index in [0.29, 0.717) is 25.7 Å². The van der Waals surface area contributed by atoms with Crippen LogP contribution in [-0.2, 0) is 23.8 Å². The molecule has 1 aliphatic heterocycles. The molecule has 0 radical (unpaired) electrons. The van der Waals surface area contributed by atoms with E-state index in [4.69, 9.17) is 14.2 Å². The molecule has 204 valence electrons. The molecular formula is C27H42O9. The van der Waals surface area contributed by atoms with Gasteiger partial charge < -0.3 is 39.4 Å². The summed E-state index contributed by atoms with van der Waals surface area (Å²) in [5.74, 6) is -1.49. The van der Waals surface area contributed by atoms with Gasteiger partial charge in [-0.05, 0) is 62.2 Å². The van der Waals surface area contributed by atoms with E-state index < -0.39 is 59.0 Å². The van der Waals surface area contributed by atoms with Crippen molar-refractivity contribution in [2.24, 2.45) is 51.8 Å². The molecule has 4 aliphatic carbocycles. The zero-order valence-electron chi connectivity index (χ0n) is 21.9. The van der Waals surface area contributed by atoms with Gasteiger partial charge in [0, 0.05) is 23.9 Å². The lowest BCUT2D eigenvalue weighted by Crippen LogP contribution is -2.66. The molecule has 5 rings (SSSR count). The molecule has 14 atom stereocenters. The molecule has 9 heteroatoms. The van der Waals surface area contributed by atoms with E-state index in [1.165, 1.54) is 7.11 Å². The van der Waals surface area contributed by atoms with Crippen LogP contribution >= 0.6 is 0 Å². The van der Waals surface area contributed by atoms with Gasteiger partial charge in [-0.15, -0.1) is 0 Å². The highest BCUT2D eigenvalue weighted by molar-refractivity contribution is 5.86. The van der Waals surface area contributed by atoms with Gasteiger partial charge in [-0.1, -0.05) is 20.8 Å². The SMILES string of the molecule is CO[C@H]1[C@@H](O)[C@H](O)[C@H](OC[C@@]23C[C@H]4[C@@H]([C@@H](O)C[C@H]4C)[C@@]4(C=O)C[C@@H]2C[C@@H](C(C)C)[C@@]34C(=O)O)O[C@@H]1C. The number of aliphatic hydroxyl groups excluding tert-OH is 3. The summed E-state index contributed by atoms with van der Waals surface area (Å²) in [6.07, 6.45) is -2.57. The van der Waals surface area contributed by atoms with Gasteiger partial charge in [0.1, 0.15) is 24.6 Å². The van der Waals surface area contributed by atoms with Crippen molar-refractivity contribution in [1.82, 2.24) is 0 Å². The number of rotatable bonds is 7. The summed E-state index contributed by atoms with van der Waals surface area (Å²) < 4.78 is 17.4. The molecule has 0 spiro atoms. The van der Waals surface area contributed by atoms with Gasteiger partial charge in [0.15, 0.2) is 6.29 Å². The van der Waals surface area contributed by atoms with Crippen molar-refractivity contribution in [3.63, 3.8) is 0 Å². The first-order chi connectivity index (χ1) is 16.9. The van der Waals surface area contributed by atoms with E-state index in [2.05, 4.69) is 6.92 Å². The van der Waals surface area contributed by atoms with Crippen LogP contribution in [0.15, 0.2) is 0 Å². The summed E-state index contributed by atoms with van der Waals surface area (Å²) in [5.41, 5.74) is -3.40. The Balaban J connectivity index is 1.58. The van der Waals surface area contributed by atoms with Crippen LogP contribution in [0.2, 0.25) is 0 Å². The summed E-state index contributed by atoms with van der Waals surface area (Å²) in [4.78, 5) is 26.7. The second kappa shape index (κ2) is 8.71. The Kier molecular flexibility index (Phi) is 6.41. The minimum Gasteiger partial charge on any atom is -0.481 e. The fourth-order valence-electron chi connectivity index (χ4n) is 10.2. The van der Waals surface area contributed by atoms with E-state index in [9.17, 15) is 30.0 Å². The van der Waals surface area contributed by atoms with E-state index >= 15 is 0 Å². The second-order valence-electron chi connectivity index (χ2n) is 12.8. The van der Waals surface area contributed by atoms with Gasteiger partial charge in [-0.2, -0.15) is 0 Å². The first kappa shape index (κ1) is 26.5. The molecular weight excluding hydrogens is 468 g/mol. The van der Waals surface area contributed by atoms with Crippen LogP contribution in [-0.4, -0.2) is 83.2 Å². The molecule has 5 fully saturated rings. The van der Waals surface area contributed by atoms with E-state index in [1.54, 1.807) is 6.92 Å². The number of hydrogen-bond acceptors (Lipinski definition) is 8. The van der Waals surface area contributed by atoms with Crippen LogP contribution in [0.4, 0.5) is 0 Å². The third-order valence-electron chi connectivity index (χ3n) is 11.3. The zero-order valence-corrected chi connectivity index (χ0v) is 21.9. The van der Waals surface area contributed by atoms with Gasteiger partial charge in [0.25, 0.3) is 0 Å². The highest BCUT2D eigenvalue weighted by Gasteiger charge is 2.87. The van der Waals surface area contributed by atoms with Crippen molar-refractivity contribution >= 4 is 12.3 Å². The molecule has 0 amide bonds. The predicted octanol–water partition coefficient (Wildman–Crippen LogP) is 1.46. The number of methoxy groups -OCH3 is 1. The molecule has 0 aromatic rings. The number of carbonyl (C=O) groups excluding carboxylic acids is 1. The number of aliphatic carboxylic acids is 1. The maximum atomic E-state index is 13.5. The summed E-state index contributed by atoms with van der Waals surface area (Å²) in [6.45, 7) is 7.85. The minimum absolute atomic E-state index is 0.00757. The monoisotopic (exact) mass is 510 g/mol. The maximum absolute atomic E-state index is 13.5. The first-order valence-corrected chi connectivity index (χ1v) is 13.5.